The zero-order valence-electron chi connectivity index (χ0n) is 22.0. The molecule has 0 spiro atoms. The van der Waals surface area contributed by atoms with E-state index < -0.39 is 35.8 Å². The lowest BCUT2D eigenvalue weighted by Crippen LogP contribution is -2.44. The van der Waals surface area contributed by atoms with Crippen molar-refractivity contribution in [1.29, 1.82) is 0 Å². The molecule has 212 valence electrons. The summed E-state index contributed by atoms with van der Waals surface area (Å²) in [6.07, 6.45) is -2.60. The van der Waals surface area contributed by atoms with Crippen LogP contribution in [0.2, 0.25) is 0 Å². The fraction of sp³-hybridized carbons (Fsp3) is 0.577. The topological polar surface area (TPSA) is 83.0 Å². The van der Waals surface area contributed by atoms with Gasteiger partial charge in [0.25, 0.3) is 5.91 Å². The molecule has 0 aromatic carbocycles. The number of halogens is 5. The van der Waals surface area contributed by atoms with Crippen LogP contribution in [0.15, 0.2) is 52.0 Å². The third kappa shape index (κ3) is 7.91. The van der Waals surface area contributed by atoms with Crippen molar-refractivity contribution in [2.75, 3.05) is 26.7 Å². The van der Waals surface area contributed by atoms with E-state index in [0.29, 0.717) is 31.4 Å². The molecule has 0 radical (unpaired) electrons. The minimum absolute atomic E-state index is 0.167. The highest BCUT2D eigenvalue weighted by atomic mass is 19.4. The number of ether oxygens (including phenoxy) is 1. The Labute approximate surface area is 219 Å². The van der Waals surface area contributed by atoms with Gasteiger partial charge in [-0.2, -0.15) is 18.3 Å². The molecule has 12 heteroatoms. The van der Waals surface area contributed by atoms with Gasteiger partial charge in [0.05, 0.1) is 18.7 Å². The van der Waals surface area contributed by atoms with E-state index >= 15 is 0 Å². The molecule has 1 fully saturated rings. The summed E-state index contributed by atoms with van der Waals surface area (Å²) in [5.74, 6) is -2.25. The largest absolute Gasteiger partial charge is 0.453 e. The number of hydrogen-bond donors (Lipinski definition) is 2. The molecular formula is C26H35F5N4O3. The molecule has 38 heavy (non-hydrogen) atoms. The standard InChI is InChI=1S/C24H29F5N4O3.C2H6/c1-3-14-11-16(13-30-23(35)36-2)31-32-21(14)22(34)33-9-4-5-15(8-10-33)17-6-7-19(25)20(26)12-18(17)24(27,28)29;1-2/h6-7,11-12,15-16,20,31H,3-5,8-10,13H2,1-2H3,(H,30,35);1-2H3. The van der Waals surface area contributed by atoms with E-state index in [1.54, 1.807) is 11.0 Å². The molecule has 3 rings (SSSR count). The van der Waals surface area contributed by atoms with Crippen molar-refractivity contribution in [3.63, 3.8) is 0 Å². The van der Waals surface area contributed by atoms with Crippen LogP contribution >= 0.6 is 0 Å². The second-order valence-electron chi connectivity index (χ2n) is 8.69. The molecule has 2 amide bonds. The Morgan fingerprint density at radius 1 is 1.18 bits per heavy atom. The van der Waals surface area contributed by atoms with Crippen LogP contribution in [0.1, 0.15) is 46.5 Å². The quantitative estimate of drug-likeness (QED) is 0.460. The van der Waals surface area contributed by atoms with E-state index in [0.717, 1.165) is 12.2 Å². The summed E-state index contributed by atoms with van der Waals surface area (Å²) in [5.41, 5.74) is 2.37. The Hall–Kier alpha value is -3.18. The van der Waals surface area contributed by atoms with Crippen molar-refractivity contribution in [2.45, 2.75) is 64.8 Å². The van der Waals surface area contributed by atoms with Crippen molar-refractivity contribution >= 4 is 17.7 Å². The number of nitrogens with zero attached hydrogens (tertiary/aromatic N) is 2. The van der Waals surface area contributed by atoms with Crippen molar-refractivity contribution in [3.05, 3.63) is 46.9 Å². The minimum atomic E-state index is -4.83. The molecule has 1 aliphatic carbocycles. The number of methoxy groups -OCH3 is 1. The Morgan fingerprint density at radius 2 is 1.89 bits per heavy atom. The average molecular weight is 547 g/mol. The van der Waals surface area contributed by atoms with Gasteiger partial charge in [-0.05, 0) is 54.9 Å². The Bertz CT molecular complexity index is 1020. The van der Waals surface area contributed by atoms with Gasteiger partial charge in [-0.15, -0.1) is 0 Å². The van der Waals surface area contributed by atoms with Gasteiger partial charge < -0.3 is 20.4 Å². The molecule has 3 atom stereocenters. The second-order valence-corrected chi connectivity index (χ2v) is 8.69. The highest BCUT2D eigenvalue weighted by Gasteiger charge is 2.40. The Balaban J connectivity index is 0.00000247. The average Bonchev–Trinajstić information content (AvgIpc) is 3.24. The van der Waals surface area contributed by atoms with E-state index in [2.05, 4.69) is 20.6 Å². The number of carbonyl (C=O) groups excluding carboxylic acids is 2. The molecule has 0 aromatic rings. The fourth-order valence-electron chi connectivity index (χ4n) is 4.47. The molecule has 7 nitrogen and oxygen atoms in total. The summed E-state index contributed by atoms with van der Waals surface area (Å²) in [6.45, 7) is 6.54. The number of nitrogens with one attached hydrogen (secondary N) is 2. The van der Waals surface area contributed by atoms with Gasteiger partial charge in [0.1, 0.15) is 5.83 Å². The highest BCUT2D eigenvalue weighted by Crippen LogP contribution is 2.40. The smallest absolute Gasteiger partial charge is 0.416 e. The van der Waals surface area contributed by atoms with Crippen LogP contribution < -0.4 is 10.7 Å². The molecule has 3 unspecified atom stereocenters. The fourth-order valence-corrected chi connectivity index (χ4v) is 4.47. The molecule has 1 saturated heterocycles. The number of alkyl carbamates (subject to hydrolysis) is 1. The third-order valence-electron chi connectivity index (χ3n) is 6.35. The zero-order chi connectivity index (χ0) is 28.5. The molecule has 2 aliphatic heterocycles. The summed E-state index contributed by atoms with van der Waals surface area (Å²) < 4.78 is 73.1. The number of hydrogen-bond acceptors (Lipinski definition) is 5. The van der Waals surface area contributed by atoms with Gasteiger partial charge in [0.2, 0.25) is 0 Å². The number of carbonyl (C=O) groups is 2. The first-order valence-corrected chi connectivity index (χ1v) is 12.7. The summed E-state index contributed by atoms with van der Waals surface area (Å²) in [5, 5.41) is 6.76. The predicted molar refractivity (Wildman–Crippen MR) is 135 cm³/mol. The van der Waals surface area contributed by atoms with Gasteiger partial charge in [-0.1, -0.05) is 32.9 Å². The van der Waals surface area contributed by atoms with E-state index in [1.165, 1.54) is 7.11 Å². The SMILES string of the molecule is CC.CCC1=CC(CNC(=O)OC)NN=C1C(=O)N1CCCC(C2=CC=C(F)C(F)C=C2C(F)(F)F)CC1. The normalized spacial score (nSPS) is 24.0. The molecule has 2 heterocycles. The van der Waals surface area contributed by atoms with E-state index in [-0.39, 0.29) is 48.8 Å². The summed E-state index contributed by atoms with van der Waals surface area (Å²) >= 11 is 0. The third-order valence-corrected chi connectivity index (χ3v) is 6.35. The maximum atomic E-state index is 13.9. The van der Waals surface area contributed by atoms with Gasteiger partial charge in [0, 0.05) is 19.6 Å². The number of hydrazone groups is 1. The van der Waals surface area contributed by atoms with Crippen LogP contribution in [0.25, 0.3) is 0 Å². The summed E-state index contributed by atoms with van der Waals surface area (Å²) in [6, 6.07) is -0.341. The Morgan fingerprint density at radius 3 is 2.53 bits per heavy atom. The second kappa shape index (κ2) is 14.1. The number of likely N-dealkylation sites (tertiary alicyclic amines) is 1. The molecule has 3 aliphatic rings. The first-order chi connectivity index (χ1) is 18.0. The van der Waals surface area contributed by atoms with Crippen molar-refractivity contribution in [3.8, 4) is 0 Å². The molecular weight excluding hydrogens is 511 g/mol. The van der Waals surface area contributed by atoms with Crippen LogP contribution in [0.4, 0.5) is 26.7 Å². The maximum Gasteiger partial charge on any atom is 0.416 e. The van der Waals surface area contributed by atoms with Crippen LogP contribution in [0, 0.1) is 5.92 Å². The number of allylic oxidation sites excluding steroid dienone is 6. The lowest BCUT2D eigenvalue weighted by Gasteiger charge is -2.26. The highest BCUT2D eigenvalue weighted by molar-refractivity contribution is 6.45. The van der Waals surface area contributed by atoms with Gasteiger partial charge >= 0.3 is 12.3 Å². The van der Waals surface area contributed by atoms with Gasteiger partial charge in [-0.3, -0.25) is 4.79 Å². The van der Waals surface area contributed by atoms with Crippen LogP contribution in [0.5, 0.6) is 0 Å². The number of rotatable bonds is 5. The first-order valence-electron chi connectivity index (χ1n) is 12.7. The van der Waals surface area contributed by atoms with Crippen LogP contribution in [-0.4, -0.2) is 67.7 Å². The van der Waals surface area contributed by atoms with E-state index in [1.807, 2.05) is 20.8 Å². The monoisotopic (exact) mass is 546 g/mol. The van der Waals surface area contributed by atoms with E-state index in [9.17, 15) is 31.5 Å². The summed E-state index contributed by atoms with van der Waals surface area (Å²) in [7, 11) is 1.25. The maximum absolute atomic E-state index is 13.9. The first kappa shape index (κ1) is 31.0. The van der Waals surface area contributed by atoms with Gasteiger partial charge in [-0.25, -0.2) is 13.6 Å². The molecule has 0 aromatic heterocycles. The number of alkyl halides is 4. The lowest BCUT2D eigenvalue weighted by atomic mass is 9.86. The van der Waals surface area contributed by atoms with Gasteiger partial charge in [0.15, 0.2) is 11.9 Å². The minimum Gasteiger partial charge on any atom is -0.453 e. The van der Waals surface area contributed by atoms with E-state index in [4.69, 9.17) is 0 Å². The summed E-state index contributed by atoms with van der Waals surface area (Å²) in [4.78, 5) is 26.1. The molecule has 0 saturated carbocycles. The van der Waals surface area contributed by atoms with Crippen LogP contribution in [0.3, 0.4) is 0 Å². The van der Waals surface area contributed by atoms with Crippen molar-refractivity contribution in [1.82, 2.24) is 15.6 Å². The van der Waals surface area contributed by atoms with Crippen LogP contribution in [-0.2, 0) is 9.53 Å². The lowest BCUT2D eigenvalue weighted by molar-refractivity contribution is -0.124. The number of amides is 2. The zero-order valence-corrected chi connectivity index (χ0v) is 22.0. The van der Waals surface area contributed by atoms with Crippen molar-refractivity contribution < 1.29 is 36.3 Å². The Kier molecular flexibility index (Phi) is 11.5. The predicted octanol–water partition coefficient (Wildman–Crippen LogP) is 5.28. The van der Waals surface area contributed by atoms with Crippen molar-refractivity contribution in [2.24, 2.45) is 11.0 Å². The molecule has 2 N–H and O–H groups in total. The molecule has 0 bridgehead atoms.